The van der Waals surface area contributed by atoms with Gasteiger partial charge in [0.25, 0.3) is 0 Å². The number of aromatic nitrogens is 3. The predicted octanol–water partition coefficient (Wildman–Crippen LogP) is 2.16. The highest BCUT2D eigenvalue weighted by Gasteiger charge is 2.21. The Morgan fingerprint density at radius 1 is 0.957 bits per heavy atom. The van der Waals surface area contributed by atoms with Gasteiger partial charge in [-0.05, 0) is 50.8 Å². The molecule has 0 aliphatic carbocycles. The van der Waals surface area contributed by atoms with Gasteiger partial charge in [0.15, 0.2) is 0 Å². The van der Waals surface area contributed by atoms with E-state index in [1.54, 1.807) is 20.2 Å². The zero-order valence-corrected chi connectivity index (χ0v) is 14.5. The second-order valence-electron chi connectivity index (χ2n) is 5.76. The van der Waals surface area contributed by atoms with E-state index in [0.717, 1.165) is 27.7 Å². The average Bonchev–Trinajstić information content (AvgIpc) is 2.73. The zero-order chi connectivity index (χ0) is 17.5. The van der Waals surface area contributed by atoms with Crippen LogP contribution in [0, 0.1) is 27.7 Å². The number of hydrogen-bond donors (Lipinski definition) is 1. The molecule has 0 aliphatic heterocycles. The topological polar surface area (TPSA) is 69.2 Å². The van der Waals surface area contributed by atoms with Crippen molar-refractivity contribution in [2.75, 3.05) is 0 Å². The summed E-state index contributed by atoms with van der Waals surface area (Å²) in [5.74, 6) is 0.119. The second-order valence-corrected chi connectivity index (χ2v) is 5.76. The largest absolute Gasteiger partial charge is 0.507 e. The van der Waals surface area contributed by atoms with Crippen LogP contribution in [0.15, 0.2) is 15.7 Å². The fourth-order valence-corrected chi connectivity index (χ4v) is 2.76. The van der Waals surface area contributed by atoms with Crippen LogP contribution in [0.3, 0.4) is 0 Å². The first-order chi connectivity index (χ1) is 10.7. The van der Waals surface area contributed by atoms with E-state index in [1.165, 1.54) is 9.36 Å². The Kier molecular flexibility index (Phi) is 4.36. The van der Waals surface area contributed by atoms with Crippen molar-refractivity contribution in [3.05, 3.63) is 49.3 Å². The second kappa shape index (κ2) is 5.95. The fourth-order valence-electron chi connectivity index (χ4n) is 2.76. The maximum atomic E-state index is 12.7. The van der Waals surface area contributed by atoms with Gasteiger partial charge < -0.3 is 5.11 Å². The lowest BCUT2D eigenvalue weighted by molar-refractivity contribution is 0.465. The first kappa shape index (κ1) is 16.9. The molecule has 0 saturated heterocycles. The number of allylic oxidation sites excluding steroid dienone is 1. The van der Waals surface area contributed by atoms with Gasteiger partial charge >= 0.3 is 11.4 Å². The number of hydrogen-bond acceptors (Lipinski definition) is 3. The van der Waals surface area contributed by atoms with Crippen molar-refractivity contribution >= 4 is 6.20 Å². The lowest BCUT2D eigenvalue weighted by atomic mass is 9.97. The van der Waals surface area contributed by atoms with Gasteiger partial charge in [0.2, 0.25) is 0 Å². The summed E-state index contributed by atoms with van der Waals surface area (Å²) in [4.78, 5) is 25.3. The Bertz CT molecular complexity index is 882. The van der Waals surface area contributed by atoms with E-state index in [-0.39, 0.29) is 5.75 Å². The summed E-state index contributed by atoms with van der Waals surface area (Å²) < 4.78 is 3.66. The molecular formula is C17H23N3O3. The van der Waals surface area contributed by atoms with Crippen LogP contribution in [0.2, 0.25) is 0 Å². The van der Waals surface area contributed by atoms with Crippen LogP contribution in [-0.2, 0) is 7.05 Å². The zero-order valence-electron chi connectivity index (χ0n) is 14.5. The summed E-state index contributed by atoms with van der Waals surface area (Å²) in [7, 11) is 1.55. The number of nitrogens with zero attached hydrogens (tertiary/aromatic N) is 3. The monoisotopic (exact) mass is 317 g/mol. The van der Waals surface area contributed by atoms with E-state index in [4.69, 9.17) is 0 Å². The summed E-state index contributed by atoms with van der Waals surface area (Å²) in [5, 5.41) is 10.3. The number of phenolic OH excluding ortho intramolecular Hbond substituents is 1. The van der Waals surface area contributed by atoms with E-state index < -0.39 is 11.4 Å². The SMILES string of the molecule is CC/C=C\n1c(=O)n(-c2c(C)c(C)c(C)c(O)c2C)c(=O)n1C. The van der Waals surface area contributed by atoms with Gasteiger partial charge in [-0.3, -0.25) is 0 Å². The molecule has 1 aromatic carbocycles. The third-order valence-electron chi connectivity index (χ3n) is 4.43. The molecule has 23 heavy (non-hydrogen) atoms. The van der Waals surface area contributed by atoms with Crippen molar-refractivity contribution < 1.29 is 5.11 Å². The first-order valence-corrected chi connectivity index (χ1v) is 7.60. The van der Waals surface area contributed by atoms with Crippen molar-refractivity contribution in [2.45, 2.75) is 41.0 Å². The number of phenols is 1. The highest BCUT2D eigenvalue weighted by molar-refractivity contribution is 5.60. The van der Waals surface area contributed by atoms with Gasteiger partial charge in [-0.15, -0.1) is 0 Å². The first-order valence-electron chi connectivity index (χ1n) is 7.60. The van der Waals surface area contributed by atoms with Crippen molar-refractivity contribution in [1.82, 2.24) is 13.9 Å². The van der Waals surface area contributed by atoms with Crippen molar-refractivity contribution in [2.24, 2.45) is 7.05 Å². The minimum absolute atomic E-state index is 0.119. The predicted molar refractivity (Wildman–Crippen MR) is 91.5 cm³/mol. The molecule has 124 valence electrons. The van der Waals surface area contributed by atoms with Gasteiger partial charge in [-0.25, -0.2) is 23.5 Å². The summed E-state index contributed by atoms with van der Waals surface area (Å²) in [6, 6.07) is 0. The number of rotatable bonds is 3. The molecular weight excluding hydrogens is 294 g/mol. The lowest BCUT2D eigenvalue weighted by Gasteiger charge is -2.16. The Labute approximate surface area is 134 Å². The maximum Gasteiger partial charge on any atom is 0.356 e. The summed E-state index contributed by atoms with van der Waals surface area (Å²) in [6.45, 7) is 9.22. The molecule has 0 unspecified atom stereocenters. The van der Waals surface area contributed by atoms with E-state index in [2.05, 4.69) is 0 Å². The van der Waals surface area contributed by atoms with E-state index in [9.17, 15) is 14.7 Å². The Hall–Kier alpha value is -2.50. The molecule has 0 saturated carbocycles. The minimum Gasteiger partial charge on any atom is -0.507 e. The third kappa shape index (κ3) is 2.44. The molecule has 2 aromatic rings. The fraction of sp³-hybridized carbons (Fsp3) is 0.412. The molecule has 0 spiro atoms. The van der Waals surface area contributed by atoms with Crippen LogP contribution in [0.1, 0.15) is 35.6 Å². The number of benzene rings is 1. The van der Waals surface area contributed by atoms with E-state index in [0.29, 0.717) is 11.3 Å². The molecule has 0 fully saturated rings. The lowest BCUT2D eigenvalue weighted by Crippen LogP contribution is -2.28. The Morgan fingerprint density at radius 3 is 2.13 bits per heavy atom. The Balaban J connectivity index is 2.93. The number of aromatic hydroxyl groups is 1. The van der Waals surface area contributed by atoms with Crippen LogP contribution in [0.25, 0.3) is 11.9 Å². The summed E-state index contributed by atoms with van der Waals surface area (Å²) in [5.41, 5.74) is 2.55. The highest BCUT2D eigenvalue weighted by Crippen LogP contribution is 2.32. The molecule has 2 rings (SSSR count). The third-order valence-corrected chi connectivity index (χ3v) is 4.43. The van der Waals surface area contributed by atoms with Gasteiger partial charge in [0, 0.05) is 18.8 Å². The van der Waals surface area contributed by atoms with E-state index >= 15 is 0 Å². The molecule has 0 radical (unpaired) electrons. The standard InChI is InChI=1S/C17H23N3O3/c1-7-8-9-19-17(23)20(16(22)18(19)6)14-11(3)10(2)12(4)15(21)13(14)5/h8-9,21H,7H2,1-6H3/b9-8-. The molecule has 6 heteroatoms. The molecule has 0 amide bonds. The van der Waals surface area contributed by atoms with Gasteiger partial charge in [0.05, 0.1) is 5.69 Å². The maximum absolute atomic E-state index is 12.7. The van der Waals surface area contributed by atoms with Crippen molar-refractivity contribution in [3.8, 4) is 11.4 Å². The molecule has 0 bridgehead atoms. The molecule has 1 N–H and O–H groups in total. The van der Waals surface area contributed by atoms with Crippen molar-refractivity contribution in [3.63, 3.8) is 0 Å². The quantitative estimate of drug-likeness (QED) is 0.943. The van der Waals surface area contributed by atoms with Gasteiger partial charge in [-0.2, -0.15) is 0 Å². The molecule has 1 heterocycles. The smallest absolute Gasteiger partial charge is 0.356 e. The van der Waals surface area contributed by atoms with Crippen LogP contribution in [0.5, 0.6) is 5.75 Å². The van der Waals surface area contributed by atoms with Crippen LogP contribution >= 0.6 is 0 Å². The van der Waals surface area contributed by atoms with Crippen LogP contribution < -0.4 is 11.4 Å². The van der Waals surface area contributed by atoms with Crippen LogP contribution in [0.4, 0.5) is 0 Å². The van der Waals surface area contributed by atoms with E-state index in [1.807, 2.05) is 33.8 Å². The molecule has 0 atom stereocenters. The highest BCUT2D eigenvalue weighted by atomic mass is 16.3. The minimum atomic E-state index is -0.448. The Morgan fingerprint density at radius 2 is 1.57 bits per heavy atom. The molecule has 6 nitrogen and oxygen atoms in total. The summed E-state index contributed by atoms with van der Waals surface area (Å²) >= 11 is 0. The van der Waals surface area contributed by atoms with Gasteiger partial charge in [0.1, 0.15) is 5.75 Å². The van der Waals surface area contributed by atoms with Crippen molar-refractivity contribution in [1.29, 1.82) is 0 Å². The molecule has 0 aliphatic rings. The van der Waals surface area contributed by atoms with Crippen LogP contribution in [-0.4, -0.2) is 19.0 Å². The molecule has 1 aromatic heterocycles. The normalized spacial score (nSPS) is 11.6. The summed E-state index contributed by atoms with van der Waals surface area (Å²) in [6.07, 6.45) is 4.16. The van der Waals surface area contributed by atoms with Gasteiger partial charge in [-0.1, -0.05) is 13.0 Å². The average molecular weight is 317 g/mol.